The number of rotatable bonds is 5. The molecule has 2 rings (SSSR count). The van der Waals surface area contributed by atoms with Gasteiger partial charge in [0, 0.05) is 9.93 Å². The highest BCUT2D eigenvalue weighted by Crippen LogP contribution is 2.24. The summed E-state index contributed by atoms with van der Waals surface area (Å²) < 4.78 is 0. The van der Waals surface area contributed by atoms with Crippen molar-refractivity contribution in [2.75, 3.05) is 6.54 Å². The van der Waals surface area contributed by atoms with Gasteiger partial charge in [-0.15, -0.1) is 0 Å². The number of benzene rings is 2. The highest BCUT2D eigenvalue weighted by Gasteiger charge is 2.17. The van der Waals surface area contributed by atoms with Gasteiger partial charge in [0.25, 0.3) is 0 Å². The molecule has 0 aliphatic heterocycles. The van der Waals surface area contributed by atoms with E-state index in [9.17, 15) is 10.2 Å². The van der Waals surface area contributed by atoms with Crippen molar-refractivity contribution >= 4 is 11.6 Å². The Bertz CT molecular complexity index is 637. The third kappa shape index (κ3) is 3.97. The third-order valence-corrected chi connectivity index (χ3v) is 3.38. The summed E-state index contributed by atoms with van der Waals surface area (Å²) in [5, 5.41) is 23.6. The van der Waals surface area contributed by atoms with Gasteiger partial charge in [0.05, 0.1) is 12.6 Å². The molecule has 2 atom stereocenters. The monoisotopic (exact) mass is 303 g/mol. The van der Waals surface area contributed by atoms with Crippen molar-refractivity contribution in [2.24, 2.45) is 5.11 Å². The van der Waals surface area contributed by atoms with E-state index in [0.29, 0.717) is 10.6 Å². The molecule has 0 amide bonds. The Labute approximate surface area is 127 Å². The maximum Gasteiger partial charge on any atom is 0.105 e. The zero-order valence-corrected chi connectivity index (χ0v) is 11.9. The molecule has 0 heterocycles. The van der Waals surface area contributed by atoms with Gasteiger partial charge in [0.1, 0.15) is 6.10 Å². The summed E-state index contributed by atoms with van der Waals surface area (Å²) in [6.45, 7) is -0.170. The van der Waals surface area contributed by atoms with Gasteiger partial charge in [-0.2, -0.15) is 0 Å². The summed E-state index contributed by atoms with van der Waals surface area (Å²) in [6, 6.07) is 14.6. The molecule has 2 N–H and O–H groups in total. The first-order valence-electron chi connectivity index (χ1n) is 6.34. The largest absolute Gasteiger partial charge is 0.390 e. The number of azide groups is 1. The normalized spacial score (nSPS) is 13.3. The van der Waals surface area contributed by atoms with Gasteiger partial charge < -0.3 is 10.2 Å². The molecule has 0 spiro atoms. The van der Waals surface area contributed by atoms with E-state index in [0.717, 1.165) is 11.1 Å². The van der Waals surface area contributed by atoms with Crippen molar-refractivity contribution in [3.63, 3.8) is 0 Å². The highest BCUT2D eigenvalue weighted by atomic mass is 35.5. The molecule has 0 aromatic heterocycles. The maximum absolute atomic E-state index is 9.96. The molecule has 108 valence electrons. The van der Waals surface area contributed by atoms with Crippen molar-refractivity contribution in [2.45, 2.75) is 12.2 Å². The number of hydrogen-bond acceptors (Lipinski definition) is 3. The fraction of sp³-hybridized carbons (Fsp3) is 0.200. The molecule has 0 fully saturated rings. The van der Waals surface area contributed by atoms with E-state index >= 15 is 0 Å². The average Bonchev–Trinajstić information content (AvgIpc) is 2.53. The molecular weight excluding hydrogens is 290 g/mol. The van der Waals surface area contributed by atoms with Crippen LogP contribution in [-0.2, 0) is 0 Å². The Morgan fingerprint density at radius 3 is 2.05 bits per heavy atom. The second-order valence-corrected chi connectivity index (χ2v) is 4.99. The Morgan fingerprint density at radius 1 is 1.00 bits per heavy atom. The lowest BCUT2D eigenvalue weighted by Crippen LogP contribution is -2.21. The zero-order valence-electron chi connectivity index (χ0n) is 11.1. The molecule has 2 aromatic carbocycles. The summed E-state index contributed by atoms with van der Waals surface area (Å²) in [5.74, 6) is 0. The van der Waals surface area contributed by atoms with Gasteiger partial charge in [-0.1, -0.05) is 53.1 Å². The topological polar surface area (TPSA) is 89.2 Å². The van der Waals surface area contributed by atoms with E-state index in [2.05, 4.69) is 10.0 Å². The molecule has 0 aliphatic rings. The first-order chi connectivity index (χ1) is 10.1. The third-order valence-electron chi connectivity index (χ3n) is 3.13. The lowest BCUT2D eigenvalue weighted by Gasteiger charge is -2.16. The Kier molecular flexibility index (Phi) is 5.20. The van der Waals surface area contributed by atoms with Crippen molar-refractivity contribution in [3.05, 3.63) is 69.6 Å². The Hall–Kier alpha value is -2.04. The van der Waals surface area contributed by atoms with Crippen LogP contribution in [0.25, 0.3) is 21.6 Å². The lowest BCUT2D eigenvalue weighted by molar-refractivity contribution is 0.0244. The maximum atomic E-state index is 9.96. The van der Waals surface area contributed by atoms with Crippen molar-refractivity contribution in [1.82, 2.24) is 0 Å². The molecule has 0 aliphatic carbocycles. The SMILES string of the molecule is [N-]=[N+]=NCC(O)C(O)c1ccc(-c2ccc(Cl)cc2)cc1. The van der Waals surface area contributed by atoms with Gasteiger partial charge in [-0.05, 0) is 34.4 Å². The smallest absolute Gasteiger partial charge is 0.105 e. The van der Waals surface area contributed by atoms with Crippen LogP contribution in [0.4, 0.5) is 0 Å². The minimum absolute atomic E-state index is 0.170. The minimum atomic E-state index is -1.12. The molecule has 0 saturated carbocycles. The molecular formula is C15H14ClN3O2. The van der Waals surface area contributed by atoms with Crippen LogP contribution in [-0.4, -0.2) is 22.9 Å². The van der Waals surface area contributed by atoms with E-state index in [1.165, 1.54) is 0 Å². The molecule has 6 heteroatoms. The molecule has 2 unspecified atom stereocenters. The summed E-state index contributed by atoms with van der Waals surface area (Å²) >= 11 is 5.85. The first kappa shape index (κ1) is 15.4. The number of nitrogens with zero attached hydrogens (tertiary/aromatic N) is 3. The van der Waals surface area contributed by atoms with E-state index < -0.39 is 12.2 Å². The van der Waals surface area contributed by atoms with Crippen molar-refractivity contribution < 1.29 is 10.2 Å². The fourth-order valence-corrected chi connectivity index (χ4v) is 2.08. The van der Waals surface area contributed by atoms with Crippen LogP contribution in [0.1, 0.15) is 11.7 Å². The van der Waals surface area contributed by atoms with Gasteiger partial charge in [0.2, 0.25) is 0 Å². The van der Waals surface area contributed by atoms with Gasteiger partial charge in [-0.3, -0.25) is 0 Å². The predicted molar refractivity (Wildman–Crippen MR) is 81.9 cm³/mol. The summed E-state index contributed by atoms with van der Waals surface area (Å²) in [6.07, 6.45) is -2.21. The minimum Gasteiger partial charge on any atom is -0.390 e. The zero-order chi connectivity index (χ0) is 15.2. The summed E-state index contributed by atoms with van der Waals surface area (Å²) in [7, 11) is 0. The molecule has 2 aromatic rings. The summed E-state index contributed by atoms with van der Waals surface area (Å²) in [5.41, 5.74) is 10.8. The van der Waals surface area contributed by atoms with Crippen LogP contribution in [0.15, 0.2) is 53.6 Å². The Morgan fingerprint density at radius 2 is 1.52 bits per heavy atom. The summed E-state index contributed by atoms with van der Waals surface area (Å²) in [4.78, 5) is 2.56. The molecule has 5 nitrogen and oxygen atoms in total. The van der Waals surface area contributed by atoms with Crippen molar-refractivity contribution in [1.29, 1.82) is 0 Å². The Balaban J connectivity index is 2.14. The van der Waals surface area contributed by atoms with Gasteiger partial charge in [-0.25, -0.2) is 0 Å². The van der Waals surface area contributed by atoms with Crippen LogP contribution in [0.3, 0.4) is 0 Å². The highest BCUT2D eigenvalue weighted by molar-refractivity contribution is 6.30. The van der Waals surface area contributed by atoms with Crippen LogP contribution in [0.2, 0.25) is 5.02 Å². The van der Waals surface area contributed by atoms with Crippen LogP contribution in [0.5, 0.6) is 0 Å². The first-order valence-corrected chi connectivity index (χ1v) is 6.72. The van der Waals surface area contributed by atoms with Crippen molar-refractivity contribution in [3.8, 4) is 11.1 Å². The van der Waals surface area contributed by atoms with E-state index in [-0.39, 0.29) is 6.54 Å². The average molecular weight is 304 g/mol. The number of aliphatic hydroxyl groups excluding tert-OH is 2. The van der Waals surface area contributed by atoms with E-state index in [1.807, 2.05) is 36.4 Å². The molecule has 21 heavy (non-hydrogen) atoms. The fourth-order valence-electron chi connectivity index (χ4n) is 1.96. The van der Waals surface area contributed by atoms with Crippen LogP contribution < -0.4 is 0 Å². The molecule has 0 saturated heterocycles. The van der Waals surface area contributed by atoms with Crippen LogP contribution >= 0.6 is 11.6 Å². The quantitative estimate of drug-likeness (QED) is 0.501. The van der Waals surface area contributed by atoms with Gasteiger partial charge >= 0.3 is 0 Å². The molecule has 0 bridgehead atoms. The number of aliphatic hydroxyl groups is 2. The molecule has 0 radical (unpaired) electrons. The van der Waals surface area contributed by atoms with E-state index in [1.54, 1.807) is 12.1 Å². The second-order valence-electron chi connectivity index (χ2n) is 4.55. The predicted octanol–water partition coefficient (Wildman–Crippen LogP) is 3.71. The van der Waals surface area contributed by atoms with Gasteiger partial charge in [0.15, 0.2) is 0 Å². The number of hydrogen-bond donors (Lipinski definition) is 2. The number of halogens is 1. The van der Waals surface area contributed by atoms with E-state index in [4.69, 9.17) is 17.1 Å². The second kappa shape index (κ2) is 7.11. The van der Waals surface area contributed by atoms with Crippen LogP contribution in [0, 0.1) is 0 Å². The lowest BCUT2D eigenvalue weighted by atomic mass is 10.00. The standard InChI is InChI=1S/C15H14ClN3O2/c16-13-7-5-11(6-8-13)10-1-3-12(4-2-10)15(21)14(20)9-18-19-17/h1-8,14-15,20-21H,9H2.